The van der Waals surface area contributed by atoms with Crippen LogP contribution in [0.3, 0.4) is 0 Å². The lowest BCUT2D eigenvalue weighted by molar-refractivity contribution is -0.128. The molecule has 2 aromatic rings. The second-order valence-corrected chi connectivity index (χ2v) is 4.68. The van der Waals surface area contributed by atoms with Gasteiger partial charge in [-0.2, -0.15) is 0 Å². The fourth-order valence-corrected chi connectivity index (χ4v) is 1.93. The molecule has 4 nitrogen and oxygen atoms in total. The number of carbonyl (C=O) groups is 1. The number of hydrogen-bond donors (Lipinski definition) is 2. The van der Waals surface area contributed by atoms with E-state index in [0.717, 1.165) is 16.9 Å². The van der Waals surface area contributed by atoms with Crippen LogP contribution >= 0.6 is 0 Å². The summed E-state index contributed by atoms with van der Waals surface area (Å²) in [6.07, 6.45) is -0.999. The Bertz CT molecular complexity index is 582. The first-order valence-corrected chi connectivity index (χ1v) is 6.91. The zero-order valence-corrected chi connectivity index (χ0v) is 12.0. The van der Waals surface area contributed by atoms with Crippen molar-refractivity contribution in [2.75, 3.05) is 13.2 Å². The molecule has 1 unspecified atom stereocenters. The van der Waals surface area contributed by atoms with E-state index in [0.29, 0.717) is 13.2 Å². The van der Waals surface area contributed by atoms with Crippen molar-refractivity contribution in [2.24, 2.45) is 0 Å². The third kappa shape index (κ3) is 4.33. The summed E-state index contributed by atoms with van der Waals surface area (Å²) in [5.41, 5.74) is 2.10. The fraction of sp³-hybridized carbons (Fsp3) is 0.235. The Morgan fingerprint density at radius 2 is 1.81 bits per heavy atom. The van der Waals surface area contributed by atoms with Crippen LogP contribution in [-0.4, -0.2) is 30.3 Å². The van der Waals surface area contributed by atoms with Gasteiger partial charge in [-0.25, -0.2) is 0 Å². The Balaban J connectivity index is 1.97. The van der Waals surface area contributed by atoms with Crippen molar-refractivity contribution < 1.29 is 14.6 Å². The predicted octanol–water partition coefficient (Wildman–Crippen LogP) is 2.23. The van der Waals surface area contributed by atoms with Gasteiger partial charge in [-0.15, -0.1) is 0 Å². The van der Waals surface area contributed by atoms with Crippen molar-refractivity contribution >= 4 is 5.91 Å². The number of rotatable bonds is 6. The summed E-state index contributed by atoms with van der Waals surface area (Å²) < 4.78 is 5.73. The molecule has 2 N–H and O–H groups in total. The number of carbonyl (C=O) groups excluding carboxylic acids is 1. The maximum atomic E-state index is 11.2. The maximum absolute atomic E-state index is 11.2. The van der Waals surface area contributed by atoms with Gasteiger partial charge in [0.1, 0.15) is 18.5 Å². The lowest BCUT2D eigenvalue weighted by atomic mass is 10.1. The van der Waals surface area contributed by atoms with Gasteiger partial charge in [0.2, 0.25) is 5.91 Å². The van der Waals surface area contributed by atoms with E-state index < -0.39 is 12.0 Å². The third-order valence-corrected chi connectivity index (χ3v) is 3.01. The van der Waals surface area contributed by atoms with Gasteiger partial charge >= 0.3 is 0 Å². The summed E-state index contributed by atoms with van der Waals surface area (Å²) in [4.78, 5) is 11.2. The zero-order valence-electron chi connectivity index (χ0n) is 12.0. The summed E-state index contributed by atoms with van der Waals surface area (Å²) in [7, 11) is 0. The number of para-hydroxylation sites is 1. The van der Waals surface area contributed by atoms with Gasteiger partial charge < -0.3 is 15.2 Å². The largest absolute Gasteiger partial charge is 0.491 e. The maximum Gasteiger partial charge on any atom is 0.248 e. The summed E-state index contributed by atoms with van der Waals surface area (Å²) in [6, 6.07) is 17.8. The average Bonchev–Trinajstić information content (AvgIpc) is 2.52. The third-order valence-electron chi connectivity index (χ3n) is 3.01. The van der Waals surface area contributed by atoms with Crippen LogP contribution in [0.15, 0.2) is 54.6 Å². The van der Waals surface area contributed by atoms with E-state index in [2.05, 4.69) is 5.32 Å². The number of aliphatic hydroxyl groups is 1. The molecule has 0 aromatic heterocycles. The normalized spacial score (nSPS) is 11.7. The standard InChI is InChI=1S/C17H19NO3/c1-13(19)17(20)18-11-12-21-16-10-6-5-9-15(16)14-7-3-2-4-8-14/h2-10,13,19H,11-12H2,1H3,(H,18,20). The van der Waals surface area contributed by atoms with Gasteiger partial charge in [0.15, 0.2) is 0 Å². The smallest absolute Gasteiger partial charge is 0.248 e. The van der Waals surface area contributed by atoms with Gasteiger partial charge in [-0.05, 0) is 18.6 Å². The molecule has 0 aliphatic heterocycles. The van der Waals surface area contributed by atoms with Crippen molar-refractivity contribution in [3.05, 3.63) is 54.6 Å². The number of benzene rings is 2. The van der Waals surface area contributed by atoms with Crippen LogP contribution in [0.25, 0.3) is 11.1 Å². The van der Waals surface area contributed by atoms with Crippen molar-refractivity contribution in [3.8, 4) is 16.9 Å². The van der Waals surface area contributed by atoms with E-state index in [9.17, 15) is 4.79 Å². The van der Waals surface area contributed by atoms with E-state index in [1.165, 1.54) is 6.92 Å². The van der Waals surface area contributed by atoms with Gasteiger partial charge in [0.05, 0.1) is 6.54 Å². The Hall–Kier alpha value is -2.33. The minimum Gasteiger partial charge on any atom is -0.491 e. The highest BCUT2D eigenvalue weighted by atomic mass is 16.5. The van der Waals surface area contributed by atoms with Crippen LogP contribution < -0.4 is 10.1 Å². The molecule has 0 heterocycles. The average molecular weight is 285 g/mol. The summed E-state index contributed by atoms with van der Waals surface area (Å²) >= 11 is 0. The highest BCUT2D eigenvalue weighted by Gasteiger charge is 2.08. The van der Waals surface area contributed by atoms with Gasteiger partial charge in [0, 0.05) is 5.56 Å². The van der Waals surface area contributed by atoms with Crippen LogP contribution in [0.5, 0.6) is 5.75 Å². The van der Waals surface area contributed by atoms with Crippen molar-refractivity contribution in [3.63, 3.8) is 0 Å². The van der Waals surface area contributed by atoms with Gasteiger partial charge in [-0.3, -0.25) is 4.79 Å². The molecule has 0 fully saturated rings. The van der Waals surface area contributed by atoms with Crippen molar-refractivity contribution in [1.82, 2.24) is 5.32 Å². The van der Waals surface area contributed by atoms with Crippen LogP contribution in [-0.2, 0) is 4.79 Å². The number of nitrogens with one attached hydrogen (secondary N) is 1. The lowest BCUT2D eigenvalue weighted by Crippen LogP contribution is -2.35. The molecule has 2 rings (SSSR count). The molecular weight excluding hydrogens is 266 g/mol. The summed E-state index contributed by atoms with van der Waals surface area (Å²) in [6.45, 7) is 2.13. The van der Waals surface area contributed by atoms with E-state index >= 15 is 0 Å². The Kier molecular flexibility index (Phi) is 5.35. The molecular formula is C17H19NO3. The molecule has 0 aliphatic carbocycles. The van der Waals surface area contributed by atoms with Crippen LogP contribution in [0, 0.1) is 0 Å². The van der Waals surface area contributed by atoms with E-state index in [-0.39, 0.29) is 0 Å². The van der Waals surface area contributed by atoms with Crippen LogP contribution in [0.1, 0.15) is 6.92 Å². The van der Waals surface area contributed by atoms with Crippen LogP contribution in [0.4, 0.5) is 0 Å². The SMILES string of the molecule is CC(O)C(=O)NCCOc1ccccc1-c1ccccc1. The van der Waals surface area contributed by atoms with Crippen molar-refractivity contribution in [2.45, 2.75) is 13.0 Å². The predicted molar refractivity (Wildman–Crippen MR) is 82.1 cm³/mol. The molecule has 0 spiro atoms. The first-order chi connectivity index (χ1) is 10.2. The summed E-state index contributed by atoms with van der Waals surface area (Å²) in [5, 5.41) is 11.7. The highest BCUT2D eigenvalue weighted by Crippen LogP contribution is 2.29. The number of hydrogen-bond acceptors (Lipinski definition) is 3. The highest BCUT2D eigenvalue weighted by molar-refractivity contribution is 5.79. The zero-order chi connectivity index (χ0) is 15.1. The molecule has 0 saturated heterocycles. The number of amides is 1. The van der Waals surface area contributed by atoms with Gasteiger partial charge in [-0.1, -0.05) is 48.5 Å². The molecule has 0 bridgehead atoms. The molecule has 21 heavy (non-hydrogen) atoms. The lowest BCUT2D eigenvalue weighted by Gasteiger charge is -2.12. The molecule has 4 heteroatoms. The Morgan fingerprint density at radius 1 is 1.14 bits per heavy atom. The minimum atomic E-state index is -0.999. The Morgan fingerprint density at radius 3 is 2.52 bits per heavy atom. The molecule has 0 radical (unpaired) electrons. The molecule has 2 aromatic carbocycles. The minimum absolute atomic E-state index is 0.350. The molecule has 110 valence electrons. The topological polar surface area (TPSA) is 58.6 Å². The van der Waals surface area contributed by atoms with E-state index in [4.69, 9.17) is 9.84 Å². The molecule has 0 aliphatic rings. The van der Waals surface area contributed by atoms with E-state index in [1.807, 2.05) is 54.6 Å². The monoisotopic (exact) mass is 285 g/mol. The first-order valence-electron chi connectivity index (χ1n) is 6.91. The van der Waals surface area contributed by atoms with Crippen LogP contribution in [0.2, 0.25) is 0 Å². The first kappa shape index (κ1) is 15.1. The van der Waals surface area contributed by atoms with Crippen molar-refractivity contribution in [1.29, 1.82) is 0 Å². The fourth-order valence-electron chi connectivity index (χ4n) is 1.93. The molecule has 0 saturated carbocycles. The van der Waals surface area contributed by atoms with E-state index in [1.54, 1.807) is 0 Å². The van der Waals surface area contributed by atoms with Gasteiger partial charge in [0.25, 0.3) is 0 Å². The summed E-state index contributed by atoms with van der Waals surface area (Å²) in [5.74, 6) is 0.380. The second-order valence-electron chi connectivity index (χ2n) is 4.68. The Labute approximate surface area is 124 Å². The number of ether oxygens (including phenoxy) is 1. The molecule has 1 atom stereocenters. The number of aliphatic hydroxyl groups excluding tert-OH is 1. The quantitative estimate of drug-likeness (QED) is 0.800. The second kappa shape index (κ2) is 7.45. The molecule has 1 amide bonds.